The second-order valence-corrected chi connectivity index (χ2v) is 4.97. The molecule has 2 atom stereocenters. The standard InChI is InChI=1S/C9H11ClN2O3S/c1-2-15-9(14)6-4(10)3-16-8-5(11)7(13)12(6)8/h5,8H,2-3,11H2,1H3/t5?,8-/m0/s1. The van der Waals surface area contributed by atoms with Gasteiger partial charge >= 0.3 is 5.97 Å². The van der Waals surface area contributed by atoms with Crippen molar-refractivity contribution in [2.45, 2.75) is 18.3 Å². The molecule has 1 saturated heterocycles. The van der Waals surface area contributed by atoms with Crippen molar-refractivity contribution in [3.8, 4) is 0 Å². The number of nitrogens with zero attached hydrogens (tertiary/aromatic N) is 1. The fourth-order valence-corrected chi connectivity index (χ4v) is 3.16. The second kappa shape index (κ2) is 4.27. The van der Waals surface area contributed by atoms with E-state index in [9.17, 15) is 9.59 Å². The van der Waals surface area contributed by atoms with Crippen LogP contribution in [0.15, 0.2) is 10.7 Å². The van der Waals surface area contributed by atoms with Crippen LogP contribution in [0.4, 0.5) is 0 Å². The summed E-state index contributed by atoms with van der Waals surface area (Å²) in [5, 5.41) is 0.161. The van der Waals surface area contributed by atoms with Crippen molar-refractivity contribution in [1.29, 1.82) is 0 Å². The molecule has 5 nitrogen and oxygen atoms in total. The summed E-state index contributed by atoms with van der Waals surface area (Å²) in [6, 6.07) is -0.542. The second-order valence-electron chi connectivity index (χ2n) is 3.41. The van der Waals surface area contributed by atoms with Crippen LogP contribution in [0.5, 0.6) is 0 Å². The van der Waals surface area contributed by atoms with Crippen LogP contribution in [0, 0.1) is 0 Å². The largest absolute Gasteiger partial charge is 0.461 e. The fourth-order valence-electron chi connectivity index (χ4n) is 1.67. The molecule has 2 aliphatic rings. The van der Waals surface area contributed by atoms with E-state index in [1.54, 1.807) is 6.92 Å². The van der Waals surface area contributed by atoms with Crippen LogP contribution in [0.3, 0.4) is 0 Å². The summed E-state index contributed by atoms with van der Waals surface area (Å²) in [5.41, 5.74) is 5.78. The number of halogens is 1. The molecule has 0 aliphatic carbocycles. The van der Waals surface area contributed by atoms with Gasteiger partial charge in [0.2, 0.25) is 5.91 Å². The highest BCUT2D eigenvalue weighted by Gasteiger charge is 2.51. The lowest BCUT2D eigenvalue weighted by molar-refractivity contribution is -0.150. The molecule has 2 heterocycles. The number of nitrogens with two attached hydrogens (primary N) is 1. The van der Waals surface area contributed by atoms with Gasteiger partial charge in [0.05, 0.1) is 11.6 Å². The van der Waals surface area contributed by atoms with E-state index in [-0.39, 0.29) is 23.6 Å². The molecule has 0 bridgehead atoms. The maximum Gasteiger partial charge on any atom is 0.356 e. The Morgan fingerprint density at radius 3 is 3.06 bits per heavy atom. The maximum atomic E-state index is 11.6. The molecule has 0 spiro atoms. The Morgan fingerprint density at radius 1 is 1.75 bits per heavy atom. The van der Waals surface area contributed by atoms with Crippen molar-refractivity contribution in [1.82, 2.24) is 4.90 Å². The molecular formula is C9H11ClN2O3S. The summed E-state index contributed by atoms with van der Waals surface area (Å²) in [5.74, 6) is -0.353. The van der Waals surface area contributed by atoms with E-state index < -0.39 is 12.0 Å². The number of carbonyl (C=O) groups excluding carboxylic acids is 2. The first-order valence-corrected chi connectivity index (χ1v) is 6.26. The third kappa shape index (κ3) is 1.61. The van der Waals surface area contributed by atoms with Gasteiger partial charge in [-0.05, 0) is 6.92 Å². The van der Waals surface area contributed by atoms with Gasteiger partial charge in [0.25, 0.3) is 0 Å². The first-order chi connectivity index (χ1) is 7.57. The molecule has 16 heavy (non-hydrogen) atoms. The van der Waals surface area contributed by atoms with E-state index in [1.807, 2.05) is 0 Å². The molecule has 0 aromatic rings. The maximum absolute atomic E-state index is 11.6. The Hall–Kier alpha value is -0.720. The van der Waals surface area contributed by atoms with E-state index in [0.717, 1.165) is 0 Å². The van der Waals surface area contributed by atoms with Gasteiger partial charge in [0, 0.05) is 5.75 Å². The lowest BCUT2D eigenvalue weighted by Crippen LogP contribution is -2.68. The molecule has 1 fully saturated rings. The molecule has 2 aliphatic heterocycles. The molecule has 88 valence electrons. The minimum absolute atomic E-state index is 0.152. The number of amides is 1. The molecular weight excluding hydrogens is 252 g/mol. The fraction of sp³-hybridized carbons (Fsp3) is 0.556. The van der Waals surface area contributed by atoms with E-state index >= 15 is 0 Å². The van der Waals surface area contributed by atoms with Crippen LogP contribution < -0.4 is 5.73 Å². The molecule has 0 aromatic carbocycles. The number of esters is 1. The minimum atomic E-state index is -0.557. The molecule has 2 rings (SSSR count). The van der Waals surface area contributed by atoms with E-state index in [2.05, 4.69) is 0 Å². The number of hydrogen-bond acceptors (Lipinski definition) is 5. The third-order valence-corrected chi connectivity index (χ3v) is 4.20. The number of fused-ring (bicyclic) bond motifs is 1. The summed E-state index contributed by atoms with van der Waals surface area (Å²) in [7, 11) is 0. The molecule has 1 unspecified atom stereocenters. The number of carbonyl (C=O) groups is 2. The average molecular weight is 263 g/mol. The van der Waals surface area contributed by atoms with Crippen LogP contribution >= 0.6 is 23.4 Å². The monoisotopic (exact) mass is 262 g/mol. The van der Waals surface area contributed by atoms with Crippen molar-refractivity contribution in [3.05, 3.63) is 10.7 Å². The SMILES string of the molecule is CCOC(=O)C1=C(Cl)CS[C@H]2C(N)C(=O)N12. The Labute approximate surface area is 102 Å². The number of thioether (sulfide) groups is 1. The number of hydrogen-bond donors (Lipinski definition) is 1. The van der Waals surface area contributed by atoms with Gasteiger partial charge in [-0.25, -0.2) is 4.79 Å². The summed E-state index contributed by atoms with van der Waals surface area (Å²) < 4.78 is 4.86. The van der Waals surface area contributed by atoms with Crippen molar-refractivity contribution in [2.75, 3.05) is 12.4 Å². The zero-order valence-electron chi connectivity index (χ0n) is 8.60. The van der Waals surface area contributed by atoms with Crippen molar-refractivity contribution >= 4 is 35.2 Å². The van der Waals surface area contributed by atoms with Crippen LogP contribution in [-0.2, 0) is 14.3 Å². The topological polar surface area (TPSA) is 72.6 Å². The number of β-lactam (4-membered cyclic amide) rings is 1. The van der Waals surface area contributed by atoms with Gasteiger partial charge in [-0.2, -0.15) is 0 Å². The van der Waals surface area contributed by atoms with Gasteiger partial charge in [0.1, 0.15) is 17.1 Å². The van der Waals surface area contributed by atoms with Crippen molar-refractivity contribution < 1.29 is 14.3 Å². The zero-order chi connectivity index (χ0) is 11.9. The Bertz CT molecular complexity index is 385. The molecule has 2 N–H and O–H groups in total. The zero-order valence-corrected chi connectivity index (χ0v) is 10.2. The van der Waals surface area contributed by atoms with Crippen LogP contribution in [0.25, 0.3) is 0 Å². The quantitative estimate of drug-likeness (QED) is 0.570. The predicted octanol–water partition coefficient (Wildman–Crippen LogP) is 0.242. The van der Waals surface area contributed by atoms with Crippen LogP contribution in [0.1, 0.15) is 6.92 Å². The first-order valence-electron chi connectivity index (χ1n) is 4.84. The molecule has 0 saturated carbocycles. The average Bonchev–Trinajstić information content (AvgIpc) is 2.27. The smallest absolute Gasteiger partial charge is 0.356 e. The molecule has 0 radical (unpaired) electrons. The summed E-state index contributed by atoms with van der Waals surface area (Å²) in [4.78, 5) is 24.5. The van der Waals surface area contributed by atoms with E-state index in [4.69, 9.17) is 22.1 Å². The lowest BCUT2D eigenvalue weighted by atomic mass is 10.1. The summed E-state index contributed by atoms with van der Waals surface area (Å²) in [6.07, 6.45) is 0. The lowest BCUT2D eigenvalue weighted by Gasteiger charge is -2.47. The number of rotatable bonds is 2. The van der Waals surface area contributed by atoms with Gasteiger partial charge in [-0.15, -0.1) is 11.8 Å². The Kier molecular flexibility index (Phi) is 3.14. The third-order valence-electron chi connectivity index (χ3n) is 2.43. The number of ether oxygens (including phenoxy) is 1. The molecule has 1 amide bonds. The predicted molar refractivity (Wildman–Crippen MR) is 60.6 cm³/mol. The van der Waals surface area contributed by atoms with Crippen molar-refractivity contribution in [2.24, 2.45) is 5.73 Å². The normalized spacial score (nSPS) is 28.7. The van der Waals surface area contributed by atoms with Gasteiger partial charge in [-0.3, -0.25) is 9.69 Å². The van der Waals surface area contributed by atoms with Gasteiger partial charge in [0.15, 0.2) is 0 Å². The van der Waals surface area contributed by atoms with E-state index in [1.165, 1.54) is 16.7 Å². The highest BCUT2D eigenvalue weighted by Crippen LogP contribution is 2.40. The van der Waals surface area contributed by atoms with Crippen LogP contribution in [0.2, 0.25) is 0 Å². The highest BCUT2D eigenvalue weighted by atomic mass is 35.5. The summed E-state index contributed by atoms with van der Waals surface area (Å²) >= 11 is 7.40. The Morgan fingerprint density at radius 2 is 2.44 bits per heavy atom. The first kappa shape index (κ1) is 11.8. The van der Waals surface area contributed by atoms with E-state index in [0.29, 0.717) is 10.8 Å². The molecule has 7 heteroatoms. The van der Waals surface area contributed by atoms with Gasteiger partial charge in [-0.1, -0.05) is 11.6 Å². The molecule has 0 aromatic heterocycles. The summed E-state index contributed by atoms with van der Waals surface area (Å²) in [6.45, 7) is 1.95. The minimum Gasteiger partial charge on any atom is -0.461 e. The Balaban J connectivity index is 2.27. The van der Waals surface area contributed by atoms with Crippen molar-refractivity contribution in [3.63, 3.8) is 0 Å². The van der Waals surface area contributed by atoms with Crippen LogP contribution in [-0.4, -0.2) is 40.6 Å². The highest BCUT2D eigenvalue weighted by molar-refractivity contribution is 8.00. The van der Waals surface area contributed by atoms with Gasteiger partial charge < -0.3 is 10.5 Å².